The van der Waals surface area contributed by atoms with E-state index in [1.54, 1.807) is 30.0 Å². The van der Waals surface area contributed by atoms with Gasteiger partial charge in [-0.25, -0.2) is 8.42 Å². The van der Waals surface area contributed by atoms with Gasteiger partial charge in [0.05, 0.1) is 4.90 Å². The minimum absolute atomic E-state index is 0.0387. The number of piperazine rings is 1. The summed E-state index contributed by atoms with van der Waals surface area (Å²) in [6.45, 7) is 6.39. The van der Waals surface area contributed by atoms with Crippen LogP contribution in [0.4, 0.5) is 0 Å². The highest BCUT2D eigenvalue weighted by atomic mass is 32.2. The highest BCUT2D eigenvalue weighted by Gasteiger charge is 2.34. The van der Waals surface area contributed by atoms with Crippen LogP contribution < -0.4 is 0 Å². The molecule has 0 N–H and O–H groups in total. The molecule has 0 spiro atoms. The largest absolute Gasteiger partial charge is 0.339 e. The Morgan fingerprint density at radius 2 is 1.56 bits per heavy atom. The number of hydrogen-bond acceptors (Lipinski definition) is 4. The minimum Gasteiger partial charge on any atom is -0.339 e. The van der Waals surface area contributed by atoms with Gasteiger partial charge in [0, 0.05) is 52.1 Å². The molecule has 27 heavy (non-hydrogen) atoms. The van der Waals surface area contributed by atoms with Gasteiger partial charge in [-0.3, -0.25) is 9.59 Å². The molecule has 0 atom stereocenters. The topological polar surface area (TPSA) is 78.0 Å². The molecule has 0 aliphatic carbocycles. The van der Waals surface area contributed by atoms with Crippen molar-refractivity contribution in [1.82, 2.24) is 14.1 Å². The van der Waals surface area contributed by atoms with Gasteiger partial charge in [-0.1, -0.05) is 12.1 Å². The third kappa shape index (κ3) is 4.32. The van der Waals surface area contributed by atoms with Crippen molar-refractivity contribution >= 4 is 21.8 Å². The monoisotopic (exact) mass is 393 g/mol. The van der Waals surface area contributed by atoms with Gasteiger partial charge in [-0.2, -0.15) is 4.31 Å². The van der Waals surface area contributed by atoms with Crippen LogP contribution in [0.15, 0.2) is 29.2 Å². The molecular formula is C19H27N3O4S. The zero-order valence-corrected chi connectivity index (χ0v) is 16.7. The third-order valence-electron chi connectivity index (χ3n) is 5.47. The third-order valence-corrected chi connectivity index (χ3v) is 7.36. The van der Waals surface area contributed by atoms with Crippen LogP contribution in [0.1, 0.15) is 25.3 Å². The van der Waals surface area contributed by atoms with Crippen molar-refractivity contribution in [2.45, 2.75) is 31.6 Å². The number of piperidine rings is 1. The Labute approximate surface area is 161 Å². The highest BCUT2D eigenvalue weighted by Crippen LogP contribution is 2.26. The van der Waals surface area contributed by atoms with E-state index < -0.39 is 10.0 Å². The summed E-state index contributed by atoms with van der Waals surface area (Å²) < 4.78 is 27.1. The summed E-state index contributed by atoms with van der Waals surface area (Å²) in [4.78, 5) is 28.0. The molecule has 2 fully saturated rings. The summed E-state index contributed by atoms with van der Waals surface area (Å²) >= 11 is 0. The van der Waals surface area contributed by atoms with Crippen LogP contribution >= 0.6 is 0 Å². The lowest BCUT2D eigenvalue weighted by Crippen LogP contribution is -2.52. The first-order chi connectivity index (χ1) is 12.8. The number of nitrogens with zero attached hydrogens (tertiary/aromatic N) is 3. The SMILES string of the molecule is CC(=O)N1CCN(C(=O)C2CCN(S(=O)(=O)c3cccc(C)c3)CC2)CC1. The average molecular weight is 394 g/mol. The summed E-state index contributed by atoms with van der Waals surface area (Å²) in [5, 5.41) is 0. The maximum absolute atomic E-state index is 12.8. The second-order valence-electron chi connectivity index (χ2n) is 7.33. The van der Waals surface area contributed by atoms with Crippen molar-refractivity contribution in [2.24, 2.45) is 5.92 Å². The molecule has 0 unspecified atom stereocenters. The molecule has 2 aliphatic rings. The van der Waals surface area contributed by atoms with Crippen LogP contribution in [-0.2, 0) is 19.6 Å². The number of sulfonamides is 1. The number of amides is 2. The molecule has 2 amide bonds. The van der Waals surface area contributed by atoms with E-state index >= 15 is 0 Å². The lowest BCUT2D eigenvalue weighted by atomic mass is 9.96. The molecule has 2 aliphatic heterocycles. The van der Waals surface area contributed by atoms with Gasteiger partial charge in [0.15, 0.2) is 0 Å². The summed E-state index contributed by atoms with van der Waals surface area (Å²) in [5.74, 6) is -0.0135. The van der Waals surface area contributed by atoms with E-state index in [0.717, 1.165) is 5.56 Å². The molecule has 1 aromatic rings. The van der Waals surface area contributed by atoms with Crippen molar-refractivity contribution in [3.63, 3.8) is 0 Å². The fourth-order valence-corrected chi connectivity index (χ4v) is 5.34. The van der Waals surface area contributed by atoms with Crippen molar-refractivity contribution in [1.29, 1.82) is 0 Å². The Balaban J connectivity index is 1.57. The van der Waals surface area contributed by atoms with Crippen LogP contribution in [0.25, 0.3) is 0 Å². The number of carbonyl (C=O) groups is 2. The Hall–Kier alpha value is -1.93. The van der Waals surface area contributed by atoms with E-state index in [1.165, 1.54) is 4.31 Å². The Morgan fingerprint density at radius 1 is 0.963 bits per heavy atom. The zero-order valence-electron chi connectivity index (χ0n) is 15.9. The molecule has 0 radical (unpaired) electrons. The predicted octanol–water partition coefficient (Wildman–Crippen LogP) is 1.09. The number of hydrogen-bond donors (Lipinski definition) is 0. The fourth-order valence-electron chi connectivity index (χ4n) is 3.77. The van der Waals surface area contributed by atoms with Gasteiger partial charge < -0.3 is 9.80 Å². The van der Waals surface area contributed by atoms with Crippen LogP contribution in [0, 0.1) is 12.8 Å². The van der Waals surface area contributed by atoms with E-state index in [-0.39, 0.29) is 17.7 Å². The minimum atomic E-state index is -3.51. The molecule has 0 aromatic heterocycles. The molecule has 8 heteroatoms. The van der Waals surface area contributed by atoms with E-state index in [2.05, 4.69) is 0 Å². The molecule has 0 saturated carbocycles. The Kier molecular flexibility index (Phi) is 5.86. The van der Waals surface area contributed by atoms with E-state index in [1.807, 2.05) is 17.9 Å². The summed E-state index contributed by atoms with van der Waals surface area (Å²) in [6.07, 6.45) is 1.08. The number of aryl methyl sites for hydroxylation is 1. The molecule has 1 aromatic carbocycles. The first kappa shape index (κ1) is 19.8. The smallest absolute Gasteiger partial charge is 0.243 e. The maximum atomic E-state index is 12.8. The second-order valence-corrected chi connectivity index (χ2v) is 9.26. The molecule has 148 valence electrons. The van der Waals surface area contributed by atoms with Crippen LogP contribution in [0.5, 0.6) is 0 Å². The number of rotatable bonds is 3. The lowest BCUT2D eigenvalue weighted by Gasteiger charge is -2.38. The van der Waals surface area contributed by atoms with Crippen LogP contribution in [0.2, 0.25) is 0 Å². The first-order valence-corrected chi connectivity index (χ1v) is 10.8. The molecule has 2 heterocycles. The summed E-state index contributed by atoms with van der Waals surface area (Å²) in [5.41, 5.74) is 0.908. The van der Waals surface area contributed by atoms with Crippen molar-refractivity contribution in [2.75, 3.05) is 39.3 Å². The van der Waals surface area contributed by atoms with Gasteiger partial charge in [-0.15, -0.1) is 0 Å². The van der Waals surface area contributed by atoms with Gasteiger partial charge in [0.1, 0.15) is 0 Å². The lowest BCUT2D eigenvalue weighted by molar-refractivity contribution is -0.142. The average Bonchev–Trinajstić information content (AvgIpc) is 2.67. The first-order valence-electron chi connectivity index (χ1n) is 9.40. The molecular weight excluding hydrogens is 366 g/mol. The van der Waals surface area contributed by atoms with E-state index in [9.17, 15) is 18.0 Å². The normalized spacial score (nSPS) is 19.9. The molecule has 2 saturated heterocycles. The maximum Gasteiger partial charge on any atom is 0.243 e. The van der Waals surface area contributed by atoms with E-state index in [4.69, 9.17) is 0 Å². The van der Waals surface area contributed by atoms with Gasteiger partial charge >= 0.3 is 0 Å². The second kappa shape index (κ2) is 7.98. The molecule has 0 bridgehead atoms. The zero-order chi connectivity index (χ0) is 19.6. The summed E-state index contributed by atoms with van der Waals surface area (Å²) in [7, 11) is -3.51. The van der Waals surface area contributed by atoms with E-state index in [0.29, 0.717) is 57.0 Å². The van der Waals surface area contributed by atoms with Crippen LogP contribution in [0.3, 0.4) is 0 Å². The number of benzene rings is 1. The predicted molar refractivity (Wildman–Crippen MR) is 101 cm³/mol. The Bertz CT molecular complexity index is 808. The van der Waals surface area contributed by atoms with Crippen molar-refractivity contribution < 1.29 is 18.0 Å². The van der Waals surface area contributed by atoms with Gasteiger partial charge in [-0.05, 0) is 37.5 Å². The van der Waals surface area contributed by atoms with Crippen molar-refractivity contribution in [3.05, 3.63) is 29.8 Å². The molecule has 3 rings (SSSR count). The number of carbonyl (C=O) groups excluding carboxylic acids is 2. The van der Waals surface area contributed by atoms with Crippen molar-refractivity contribution in [3.8, 4) is 0 Å². The van der Waals surface area contributed by atoms with Gasteiger partial charge in [0.25, 0.3) is 0 Å². The molecule has 7 nitrogen and oxygen atoms in total. The Morgan fingerprint density at radius 3 is 2.11 bits per heavy atom. The summed E-state index contributed by atoms with van der Waals surface area (Å²) in [6, 6.07) is 6.92. The quantitative estimate of drug-likeness (QED) is 0.770. The van der Waals surface area contributed by atoms with Gasteiger partial charge in [0.2, 0.25) is 21.8 Å². The fraction of sp³-hybridized carbons (Fsp3) is 0.579. The van der Waals surface area contributed by atoms with Crippen LogP contribution in [-0.4, -0.2) is 73.6 Å². The standard InChI is InChI=1S/C19H27N3O4S/c1-15-4-3-5-18(14-15)27(25,26)22-8-6-17(7-9-22)19(24)21-12-10-20(11-13-21)16(2)23/h3-5,14,17H,6-13H2,1-2H3. The highest BCUT2D eigenvalue weighted by molar-refractivity contribution is 7.89.